The van der Waals surface area contributed by atoms with Crippen LogP contribution in [0.2, 0.25) is 10.0 Å². The van der Waals surface area contributed by atoms with Gasteiger partial charge in [0.2, 0.25) is 5.91 Å². The second kappa shape index (κ2) is 8.57. The maximum atomic E-state index is 14.0. The van der Waals surface area contributed by atoms with Crippen LogP contribution in [0.3, 0.4) is 0 Å². The Bertz CT molecular complexity index is 791. The summed E-state index contributed by atoms with van der Waals surface area (Å²) in [6.07, 6.45) is -0.0548. The summed E-state index contributed by atoms with van der Waals surface area (Å²) in [6.45, 7) is 1.57. The largest absolute Gasteiger partial charge is 0.394 e. The van der Waals surface area contributed by atoms with Crippen LogP contribution in [0.5, 0.6) is 0 Å². The molecule has 0 spiro atoms. The van der Waals surface area contributed by atoms with E-state index >= 15 is 0 Å². The van der Waals surface area contributed by atoms with Crippen LogP contribution >= 0.6 is 23.2 Å². The van der Waals surface area contributed by atoms with Gasteiger partial charge in [-0.05, 0) is 47.9 Å². The molecule has 1 saturated heterocycles. The number of aliphatic hydroxyl groups excluding tert-OH is 1. The van der Waals surface area contributed by atoms with Gasteiger partial charge in [0.05, 0.1) is 18.7 Å². The van der Waals surface area contributed by atoms with Gasteiger partial charge in [-0.1, -0.05) is 42.3 Å². The molecule has 0 aromatic heterocycles. The molecule has 3 atom stereocenters. The topological polar surface area (TPSA) is 49.8 Å². The van der Waals surface area contributed by atoms with Crippen LogP contribution in [0.25, 0.3) is 0 Å². The zero-order chi connectivity index (χ0) is 19.6. The number of aliphatic hydroxyl groups is 1. The summed E-state index contributed by atoms with van der Waals surface area (Å²) in [5.74, 6) is -0.705. The van der Waals surface area contributed by atoms with Crippen LogP contribution in [0, 0.1) is 5.82 Å². The number of amides is 1. The second-order valence-corrected chi connectivity index (χ2v) is 7.35. The number of carbonyl (C=O) groups is 1. The molecule has 0 saturated carbocycles. The van der Waals surface area contributed by atoms with Gasteiger partial charge in [-0.2, -0.15) is 0 Å². The first kappa shape index (κ1) is 20.1. The predicted octanol–water partition coefficient (Wildman–Crippen LogP) is 4.54. The highest BCUT2D eigenvalue weighted by Gasteiger charge is 2.41. The third kappa shape index (κ3) is 4.27. The molecule has 27 heavy (non-hydrogen) atoms. The SMILES string of the molecule is CCC(CO)N1C(=O)COC(c2cc(F)cc(Cl)c2)C1c1ccc(Cl)cc1. The third-order valence-corrected chi connectivity index (χ3v) is 5.23. The molecule has 2 aromatic rings. The lowest BCUT2D eigenvalue weighted by Crippen LogP contribution is -2.51. The summed E-state index contributed by atoms with van der Waals surface area (Å²) in [7, 11) is 0. The van der Waals surface area contributed by atoms with Crippen molar-refractivity contribution < 1.29 is 19.0 Å². The van der Waals surface area contributed by atoms with Crippen LogP contribution in [0.1, 0.15) is 36.6 Å². The molecule has 4 nitrogen and oxygen atoms in total. The van der Waals surface area contributed by atoms with Gasteiger partial charge in [-0.3, -0.25) is 4.79 Å². The molecule has 0 aliphatic carbocycles. The molecular weight excluding hydrogens is 392 g/mol. The Morgan fingerprint density at radius 1 is 1.19 bits per heavy atom. The standard InChI is InChI=1S/C20H20Cl2FNO3/c1-2-17(10-25)24-18(26)11-27-20(13-7-15(22)9-16(23)8-13)19(24)12-3-5-14(21)6-4-12/h3-9,17,19-20,25H,2,10-11H2,1H3. The van der Waals surface area contributed by atoms with Crippen LogP contribution in [0.4, 0.5) is 4.39 Å². The molecule has 2 aromatic carbocycles. The van der Waals surface area contributed by atoms with Crippen LogP contribution in [-0.4, -0.2) is 35.2 Å². The summed E-state index contributed by atoms with van der Waals surface area (Å²) in [5, 5.41) is 10.6. The van der Waals surface area contributed by atoms with Gasteiger partial charge in [0, 0.05) is 10.0 Å². The first-order valence-corrected chi connectivity index (χ1v) is 9.45. The van der Waals surface area contributed by atoms with Gasteiger partial charge in [-0.25, -0.2) is 4.39 Å². The molecule has 0 bridgehead atoms. The fourth-order valence-electron chi connectivity index (χ4n) is 3.49. The van der Waals surface area contributed by atoms with Crippen molar-refractivity contribution >= 4 is 29.1 Å². The summed E-state index contributed by atoms with van der Waals surface area (Å²) in [4.78, 5) is 14.3. The van der Waals surface area contributed by atoms with E-state index in [-0.39, 0.29) is 30.2 Å². The number of carbonyl (C=O) groups excluding carboxylic acids is 1. The first-order valence-electron chi connectivity index (χ1n) is 8.69. The number of nitrogens with zero attached hydrogens (tertiary/aromatic N) is 1. The van der Waals surface area contributed by atoms with E-state index in [2.05, 4.69) is 0 Å². The smallest absolute Gasteiger partial charge is 0.249 e. The molecule has 1 fully saturated rings. The minimum atomic E-state index is -0.627. The number of rotatable bonds is 5. The van der Waals surface area contributed by atoms with E-state index in [0.717, 1.165) is 5.56 Å². The van der Waals surface area contributed by atoms with Crippen molar-refractivity contribution in [3.8, 4) is 0 Å². The van der Waals surface area contributed by atoms with Crippen molar-refractivity contribution in [2.75, 3.05) is 13.2 Å². The zero-order valence-corrected chi connectivity index (χ0v) is 16.3. The minimum absolute atomic E-state index is 0.153. The molecule has 3 unspecified atom stereocenters. The van der Waals surface area contributed by atoms with Gasteiger partial charge >= 0.3 is 0 Å². The monoisotopic (exact) mass is 411 g/mol. The van der Waals surface area contributed by atoms with E-state index < -0.39 is 18.0 Å². The maximum Gasteiger partial charge on any atom is 0.249 e. The van der Waals surface area contributed by atoms with Gasteiger partial charge in [0.15, 0.2) is 0 Å². The Kier molecular flexibility index (Phi) is 6.37. The summed E-state index contributed by atoms with van der Waals surface area (Å²) in [6, 6.07) is 10.3. The van der Waals surface area contributed by atoms with Crippen molar-refractivity contribution in [2.45, 2.75) is 31.5 Å². The number of ether oxygens (including phenoxy) is 1. The Labute approximate surface area is 167 Å². The molecule has 3 rings (SSSR count). The molecule has 1 N–H and O–H groups in total. The molecule has 1 amide bonds. The Morgan fingerprint density at radius 3 is 2.48 bits per heavy atom. The Hall–Kier alpha value is -1.66. The number of morpholine rings is 1. The highest BCUT2D eigenvalue weighted by molar-refractivity contribution is 6.30. The maximum absolute atomic E-state index is 14.0. The molecule has 0 radical (unpaired) electrons. The average molecular weight is 412 g/mol. The van der Waals surface area contributed by atoms with Crippen molar-refractivity contribution in [2.24, 2.45) is 0 Å². The van der Waals surface area contributed by atoms with Crippen LogP contribution in [0.15, 0.2) is 42.5 Å². The molecule has 1 heterocycles. The van der Waals surface area contributed by atoms with E-state index in [4.69, 9.17) is 27.9 Å². The lowest BCUT2D eigenvalue weighted by Gasteiger charge is -2.45. The highest BCUT2D eigenvalue weighted by atomic mass is 35.5. The molecule has 1 aliphatic heterocycles. The first-order chi connectivity index (χ1) is 12.9. The highest BCUT2D eigenvalue weighted by Crippen LogP contribution is 2.42. The average Bonchev–Trinajstić information content (AvgIpc) is 2.63. The van der Waals surface area contributed by atoms with E-state index in [1.165, 1.54) is 12.1 Å². The van der Waals surface area contributed by atoms with Crippen molar-refractivity contribution in [3.63, 3.8) is 0 Å². The summed E-state index contributed by atoms with van der Waals surface area (Å²) >= 11 is 12.0. The Morgan fingerprint density at radius 2 is 1.89 bits per heavy atom. The third-order valence-electron chi connectivity index (χ3n) is 4.76. The fourth-order valence-corrected chi connectivity index (χ4v) is 3.84. The quantitative estimate of drug-likeness (QED) is 0.785. The normalized spacial score (nSPS) is 21.4. The molecule has 7 heteroatoms. The number of halogens is 3. The fraction of sp³-hybridized carbons (Fsp3) is 0.350. The van der Waals surface area contributed by atoms with E-state index in [0.29, 0.717) is 17.0 Å². The predicted molar refractivity (Wildman–Crippen MR) is 102 cm³/mol. The van der Waals surface area contributed by atoms with Gasteiger partial charge in [-0.15, -0.1) is 0 Å². The van der Waals surface area contributed by atoms with Crippen molar-refractivity contribution in [3.05, 3.63) is 69.5 Å². The molecule has 1 aliphatic rings. The van der Waals surface area contributed by atoms with Gasteiger partial charge in [0.25, 0.3) is 0 Å². The second-order valence-electron chi connectivity index (χ2n) is 6.48. The van der Waals surface area contributed by atoms with Crippen LogP contribution in [-0.2, 0) is 9.53 Å². The van der Waals surface area contributed by atoms with Gasteiger partial charge in [0.1, 0.15) is 18.5 Å². The number of hydrogen-bond donors (Lipinski definition) is 1. The number of hydrogen-bond acceptors (Lipinski definition) is 3. The lowest BCUT2D eigenvalue weighted by atomic mass is 9.91. The lowest BCUT2D eigenvalue weighted by molar-refractivity contribution is -0.165. The Balaban J connectivity index is 2.12. The summed E-state index contributed by atoms with van der Waals surface area (Å²) < 4.78 is 19.8. The van der Waals surface area contributed by atoms with Gasteiger partial charge < -0.3 is 14.7 Å². The van der Waals surface area contributed by atoms with Crippen molar-refractivity contribution in [1.29, 1.82) is 0 Å². The molecular formula is C20H20Cl2FNO3. The van der Waals surface area contributed by atoms with Crippen molar-refractivity contribution in [1.82, 2.24) is 4.90 Å². The van der Waals surface area contributed by atoms with E-state index in [9.17, 15) is 14.3 Å². The number of benzene rings is 2. The van der Waals surface area contributed by atoms with E-state index in [1.807, 2.05) is 6.92 Å². The van der Waals surface area contributed by atoms with Crippen LogP contribution < -0.4 is 0 Å². The molecule has 144 valence electrons. The minimum Gasteiger partial charge on any atom is -0.394 e. The summed E-state index contributed by atoms with van der Waals surface area (Å²) in [5.41, 5.74) is 1.31. The van der Waals surface area contributed by atoms with E-state index in [1.54, 1.807) is 35.2 Å². The zero-order valence-electron chi connectivity index (χ0n) is 14.7.